The first kappa shape index (κ1) is 11.4. The van der Waals surface area contributed by atoms with Crippen LogP contribution in [0.1, 0.15) is 13.8 Å². The number of nitrogens with zero attached hydrogens (tertiary/aromatic N) is 1. The lowest BCUT2D eigenvalue weighted by molar-refractivity contribution is 0.247. The third-order valence-corrected chi connectivity index (χ3v) is 2.09. The molecule has 3 N–H and O–H groups in total. The Labute approximate surface area is 90.1 Å². The fourth-order valence-electron chi connectivity index (χ4n) is 1.34. The molecule has 0 aliphatic carbocycles. The van der Waals surface area contributed by atoms with E-state index in [4.69, 9.17) is 5.73 Å². The second-order valence-corrected chi connectivity index (χ2v) is 3.17. The molecule has 82 valence electrons. The van der Waals surface area contributed by atoms with E-state index >= 15 is 0 Å². The molecule has 0 spiro atoms. The van der Waals surface area contributed by atoms with Crippen molar-refractivity contribution in [3.05, 3.63) is 24.3 Å². The number of hydrogen-bond acceptors (Lipinski definition) is 2. The summed E-state index contributed by atoms with van der Waals surface area (Å²) in [4.78, 5) is 13.3. The summed E-state index contributed by atoms with van der Waals surface area (Å²) >= 11 is 0. The van der Waals surface area contributed by atoms with E-state index in [-0.39, 0.29) is 6.03 Å². The van der Waals surface area contributed by atoms with E-state index in [1.165, 1.54) is 0 Å². The van der Waals surface area contributed by atoms with Crippen LogP contribution in [-0.2, 0) is 0 Å². The van der Waals surface area contributed by atoms with Crippen molar-refractivity contribution in [2.24, 2.45) is 0 Å². The first-order valence-electron chi connectivity index (χ1n) is 5.10. The Balaban J connectivity index is 2.82. The lowest BCUT2D eigenvalue weighted by Crippen LogP contribution is -2.39. The van der Waals surface area contributed by atoms with E-state index in [0.29, 0.717) is 18.8 Å². The van der Waals surface area contributed by atoms with Crippen LogP contribution in [-0.4, -0.2) is 19.1 Å². The van der Waals surface area contributed by atoms with Gasteiger partial charge in [-0.25, -0.2) is 4.79 Å². The van der Waals surface area contributed by atoms with Crippen molar-refractivity contribution >= 4 is 17.4 Å². The lowest BCUT2D eigenvalue weighted by Gasteiger charge is -2.21. The Bertz CT molecular complexity index is 321. The van der Waals surface area contributed by atoms with E-state index in [9.17, 15) is 4.79 Å². The molecule has 0 saturated carbocycles. The minimum atomic E-state index is -0.0789. The molecule has 0 unspecified atom stereocenters. The maximum atomic E-state index is 11.6. The standard InChI is InChI=1S/C11H17N3O/c1-3-13-11(15)14(4-2)10-7-5-9(12)6-8-10/h5-8H,3-4,12H2,1-2H3,(H,13,15). The zero-order valence-electron chi connectivity index (χ0n) is 9.16. The number of urea groups is 1. The number of carbonyl (C=O) groups is 1. The first-order valence-corrected chi connectivity index (χ1v) is 5.10. The van der Waals surface area contributed by atoms with Crippen LogP contribution in [0.4, 0.5) is 16.2 Å². The van der Waals surface area contributed by atoms with Crippen molar-refractivity contribution in [2.75, 3.05) is 23.7 Å². The molecular formula is C11H17N3O. The Morgan fingerprint density at radius 1 is 1.33 bits per heavy atom. The lowest BCUT2D eigenvalue weighted by atomic mass is 10.2. The number of anilines is 2. The summed E-state index contributed by atoms with van der Waals surface area (Å²) in [6.07, 6.45) is 0. The molecule has 1 aromatic carbocycles. The molecule has 0 heterocycles. The SMILES string of the molecule is CCNC(=O)N(CC)c1ccc(N)cc1. The van der Waals surface area contributed by atoms with Gasteiger partial charge in [-0.1, -0.05) is 0 Å². The van der Waals surface area contributed by atoms with Crippen molar-refractivity contribution in [1.82, 2.24) is 5.32 Å². The smallest absolute Gasteiger partial charge is 0.321 e. The number of benzene rings is 1. The van der Waals surface area contributed by atoms with Gasteiger partial charge in [0.05, 0.1) is 0 Å². The van der Waals surface area contributed by atoms with Gasteiger partial charge in [-0.3, -0.25) is 4.90 Å². The van der Waals surface area contributed by atoms with E-state index in [1.807, 2.05) is 26.0 Å². The summed E-state index contributed by atoms with van der Waals surface area (Å²) in [5.74, 6) is 0. The number of nitrogen functional groups attached to an aromatic ring is 1. The summed E-state index contributed by atoms with van der Waals surface area (Å²) in [6.45, 7) is 5.10. The highest BCUT2D eigenvalue weighted by Crippen LogP contribution is 2.15. The molecular weight excluding hydrogens is 190 g/mol. The van der Waals surface area contributed by atoms with Crippen molar-refractivity contribution in [1.29, 1.82) is 0 Å². The summed E-state index contributed by atoms with van der Waals surface area (Å²) in [7, 11) is 0. The normalized spacial score (nSPS) is 9.73. The third-order valence-electron chi connectivity index (χ3n) is 2.09. The first-order chi connectivity index (χ1) is 7.19. The van der Waals surface area contributed by atoms with E-state index in [2.05, 4.69) is 5.32 Å². The second-order valence-electron chi connectivity index (χ2n) is 3.17. The van der Waals surface area contributed by atoms with Crippen LogP contribution in [0.3, 0.4) is 0 Å². The quantitative estimate of drug-likeness (QED) is 0.743. The largest absolute Gasteiger partial charge is 0.399 e. The van der Waals surface area contributed by atoms with Crippen LogP contribution in [0.15, 0.2) is 24.3 Å². The Hall–Kier alpha value is -1.71. The van der Waals surface area contributed by atoms with Crippen LogP contribution in [0.2, 0.25) is 0 Å². The number of nitrogens with two attached hydrogens (primary N) is 1. The van der Waals surface area contributed by atoms with Gasteiger partial charge in [0, 0.05) is 24.5 Å². The Kier molecular flexibility index (Phi) is 3.97. The van der Waals surface area contributed by atoms with Gasteiger partial charge < -0.3 is 11.1 Å². The number of nitrogens with one attached hydrogen (secondary N) is 1. The second kappa shape index (κ2) is 5.24. The average Bonchev–Trinajstić information content (AvgIpc) is 2.22. The van der Waals surface area contributed by atoms with Gasteiger partial charge in [-0.05, 0) is 38.1 Å². The van der Waals surface area contributed by atoms with Gasteiger partial charge in [-0.2, -0.15) is 0 Å². The molecule has 15 heavy (non-hydrogen) atoms. The number of rotatable bonds is 3. The van der Waals surface area contributed by atoms with E-state index < -0.39 is 0 Å². The predicted molar refractivity (Wildman–Crippen MR) is 62.9 cm³/mol. The minimum absolute atomic E-state index is 0.0789. The number of carbonyl (C=O) groups excluding carboxylic acids is 1. The third kappa shape index (κ3) is 2.87. The van der Waals surface area contributed by atoms with Crippen LogP contribution in [0, 0.1) is 0 Å². The summed E-state index contributed by atoms with van der Waals surface area (Å²) in [6, 6.07) is 7.18. The van der Waals surface area contributed by atoms with Gasteiger partial charge >= 0.3 is 6.03 Å². The van der Waals surface area contributed by atoms with Crippen LogP contribution in [0.25, 0.3) is 0 Å². The summed E-state index contributed by atoms with van der Waals surface area (Å²) in [5.41, 5.74) is 7.14. The molecule has 0 saturated heterocycles. The van der Waals surface area contributed by atoms with Crippen LogP contribution >= 0.6 is 0 Å². The molecule has 0 bridgehead atoms. The Morgan fingerprint density at radius 3 is 2.40 bits per heavy atom. The number of hydrogen-bond donors (Lipinski definition) is 2. The number of amides is 2. The highest BCUT2D eigenvalue weighted by Gasteiger charge is 2.11. The molecule has 4 heteroatoms. The Morgan fingerprint density at radius 2 is 1.93 bits per heavy atom. The average molecular weight is 207 g/mol. The van der Waals surface area contributed by atoms with E-state index in [0.717, 1.165) is 5.69 Å². The molecule has 1 aromatic rings. The highest BCUT2D eigenvalue weighted by molar-refractivity contribution is 5.91. The fourth-order valence-corrected chi connectivity index (χ4v) is 1.34. The zero-order chi connectivity index (χ0) is 11.3. The maximum Gasteiger partial charge on any atom is 0.321 e. The molecule has 0 aromatic heterocycles. The minimum Gasteiger partial charge on any atom is -0.399 e. The van der Waals surface area contributed by atoms with Crippen LogP contribution in [0.5, 0.6) is 0 Å². The van der Waals surface area contributed by atoms with Crippen molar-refractivity contribution in [3.8, 4) is 0 Å². The van der Waals surface area contributed by atoms with Crippen molar-refractivity contribution < 1.29 is 4.79 Å². The highest BCUT2D eigenvalue weighted by atomic mass is 16.2. The van der Waals surface area contributed by atoms with Crippen molar-refractivity contribution in [3.63, 3.8) is 0 Å². The zero-order valence-corrected chi connectivity index (χ0v) is 9.16. The summed E-state index contributed by atoms with van der Waals surface area (Å²) in [5, 5.41) is 2.77. The monoisotopic (exact) mass is 207 g/mol. The predicted octanol–water partition coefficient (Wildman–Crippen LogP) is 1.82. The van der Waals surface area contributed by atoms with Gasteiger partial charge in [0.2, 0.25) is 0 Å². The van der Waals surface area contributed by atoms with Gasteiger partial charge in [0.1, 0.15) is 0 Å². The fraction of sp³-hybridized carbons (Fsp3) is 0.364. The van der Waals surface area contributed by atoms with E-state index in [1.54, 1.807) is 17.0 Å². The molecule has 0 aliphatic rings. The van der Waals surface area contributed by atoms with Gasteiger partial charge in [0.25, 0.3) is 0 Å². The molecule has 4 nitrogen and oxygen atoms in total. The topological polar surface area (TPSA) is 58.4 Å². The molecule has 0 fully saturated rings. The van der Waals surface area contributed by atoms with Crippen LogP contribution < -0.4 is 16.0 Å². The molecule has 1 rings (SSSR count). The molecule has 2 amide bonds. The molecule has 0 radical (unpaired) electrons. The maximum absolute atomic E-state index is 11.6. The summed E-state index contributed by atoms with van der Waals surface area (Å²) < 4.78 is 0. The molecule has 0 atom stereocenters. The molecule has 0 aliphatic heterocycles. The van der Waals surface area contributed by atoms with Crippen molar-refractivity contribution in [2.45, 2.75) is 13.8 Å². The van der Waals surface area contributed by atoms with Gasteiger partial charge in [0.15, 0.2) is 0 Å². The van der Waals surface area contributed by atoms with Gasteiger partial charge in [-0.15, -0.1) is 0 Å².